The molecule has 1 saturated heterocycles. The summed E-state index contributed by atoms with van der Waals surface area (Å²) in [7, 11) is 0. The van der Waals surface area contributed by atoms with Gasteiger partial charge in [0.1, 0.15) is 10.4 Å². The van der Waals surface area contributed by atoms with E-state index >= 15 is 0 Å². The molecule has 0 bridgehead atoms. The fraction of sp³-hybridized carbons (Fsp3) is 0.538. The Hall–Kier alpha value is -0.650. The van der Waals surface area contributed by atoms with Gasteiger partial charge in [0.2, 0.25) is 5.91 Å². The molecule has 3 atom stereocenters. The molecular weight excluding hydrogens is 330 g/mol. The van der Waals surface area contributed by atoms with E-state index in [9.17, 15) is 4.79 Å². The Morgan fingerprint density at radius 1 is 1.53 bits per heavy atom. The molecule has 1 saturated carbocycles. The quantitative estimate of drug-likeness (QED) is 0.810. The second-order valence-corrected chi connectivity index (χ2v) is 6.44. The molecule has 4 nitrogen and oxygen atoms in total. The highest BCUT2D eigenvalue weighted by molar-refractivity contribution is 9.10. The van der Waals surface area contributed by atoms with E-state index in [1.807, 2.05) is 19.1 Å². The zero-order valence-electron chi connectivity index (χ0n) is 10.9. The summed E-state index contributed by atoms with van der Waals surface area (Å²) in [6.07, 6.45) is 2.13. The van der Waals surface area contributed by atoms with Crippen LogP contribution in [0, 0.1) is 12.3 Å². The van der Waals surface area contributed by atoms with Crippen LogP contribution in [0.2, 0.25) is 0 Å². The number of rotatable bonds is 2. The number of aromatic nitrogens is 1. The third-order valence-electron chi connectivity index (χ3n) is 4.05. The van der Waals surface area contributed by atoms with Crippen molar-refractivity contribution < 1.29 is 4.79 Å². The Morgan fingerprint density at radius 3 is 2.89 bits per heavy atom. The van der Waals surface area contributed by atoms with Gasteiger partial charge < -0.3 is 10.6 Å². The minimum absolute atomic E-state index is 0. The highest BCUT2D eigenvalue weighted by Gasteiger charge is 2.58. The van der Waals surface area contributed by atoms with Crippen LogP contribution >= 0.6 is 28.3 Å². The summed E-state index contributed by atoms with van der Waals surface area (Å²) in [6, 6.07) is 4.27. The molecule has 6 heteroatoms. The lowest BCUT2D eigenvalue weighted by atomic mass is 10.0. The molecule has 1 aromatic heterocycles. The summed E-state index contributed by atoms with van der Waals surface area (Å²) in [4.78, 5) is 16.4. The van der Waals surface area contributed by atoms with Gasteiger partial charge in [-0.05, 0) is 52.7 Å². The smallest absolute Gasteiger partial charge is 0.242 e. The maximum Gasteiger partial charge on any atom is 0.242 e. The minimum atomic E-state index is -0.0751. The first-order valence-electron chi connectivity index (χ1n) is 6.18. The monoisotopic (exact) mass is 345 g/mol. The molecule has 0 aromatic carbocycles. The lowest BCUT2D eigenvalue weighted by Gasteiger charge is -2.15. The van der Waals surface area contributed by atoms with Gasteiger partial charge >= 0.3 is 0 Å². The zero-order chi connectivity index (χ0) is 12.9. The van der Waals surface area contributed by atoms with Crippen LogP contribution in [0.4, 0.5) is 5.82 Å². The predicted octanol–water partition coefficient (Wildman–Crippen LogP) is 2.65. The van der Waals surface area contributed by atoms with E-state index in [0.717, 1.165) is 16.6 Å². The molecule has 1 amide bonds. The third-order valence-corrected chi connectivity index (χ3v) is 4.49. The van der Waals surface area contributed by atoms with Gasteiger partial charge in [-0.1, -0.05) is 13.0 Å². The number of halogens is 2. The number of nitrogens with one attached hydrogen (secondary N) is 2. The van der Waals surface area contributed by atoms with Gasteiger partial charge in [-0.15, -0.1) is 12.4 Å². The predicted molar refractivity (Wildman–Crippen MR) is 80.6 cm³/mol. The number of aryl methyl sites for hydroxylation is 1. The van der Waals surface area contributed by atoms with Crippen LogP contribution in [0.25, 0.3) is 0 Å². The summed E-state index contributed by atoms with van der Waals surface area (Å²) in [5.74, 6) is 0.666. The van der Waals surface area contributed by atoms with Crippen molar-refractivity contribution in [2.24, 2.45) is 5.41 Å². The minimum Gasteiger partial charge on any atom is -0.309 e. The van der Waals surface area contributed by atoms with E-state index in [1.165, 1.54) is 6.42 Å². The van der Waals surface area contributed by atoms with Gasteiger partial charge in [-0.25, -0.2) is 4.98 Å². The number of hydrogen-bond acceptors (Lipinski definition) is 3. The molecule has 19 heavy (non-hydrogen) atoms. The molecule has 1 aliphatic heterocycles. The summed E-state index contributed by atoms with van der Waals surface area (Å²) in [6.45, 7) is 4.18. The van der Waals surface area contributed by atoms with E-state index < -0.39 is 0 Å². The fourth-order valence-corrected chi connectivity index (χ4v) is 2.97. The summed E-state index contributed by atoms with van der Waals surface area (Å²) < 4.78 is 0.734. The molecular formula is C13H17BrClN3O. The van der Waals surface area contributed by atoms with Gasteiger partial charge in [0.05, 0.1) is 6.04 Å². The maximum atomic E-state index is 12.2. The van der Waals surface area contributed by atoms with E-state index in [1.54, 1.807) is 0 Å². The maximum absolute atomic E-state index is 12.2. The van der Waals surface area contributed by atoms with Crippen molar-refractivity contribution in [3.63, 3.8) is 0 Å². The molecule has 1 aromatic rings. The number of hydrogen-bond donors (Lipinski definition) is 2. The fourth-order valence-electron chi connectivity index (χ4n) is 2.66. The Labute approximate surface area is 127 Å². The van der Waals surface area contributed by atoms with Crippen LogP contribution in [-0.4, -0.2) is 23.0 Å². The van der Waals surface area contributed by atoms with Crippen molar-refractivity contribution >= 4 is 40.1 Å². The van der Waals surface area contributed by atoms with Crippen molar-refractivity contribution in [2.75, 3.05) is 5.32 Å². The van der Waals surface area contributed by atoms with Gasteiger partial charge in [0, 0.05) is 6.04 Å². The van der Waals surface area contributed by atoms with Gasteiger partial charge in [0.15, 0.2) is 0 Å². The Bertz CT molecular complexity index is 525. The van der Waals surface area contributed by atoms with Crippen LogP contribution in [0.1, 0.15) is 25.3 Å². The molecule has 2 fully saturated rings. The highest BCUT2D eigenvalue weighted by Crippen LogP contribution is 2.53. The number of pyridine rings is 1. The first-order valence-corrected chi connectivity index (χ1v) is 6.97. The Morgan fingerprint density at radius 2 is 2.26 bits per heavy atom. The van der Waals surface area contributed by atoms with Gasteiger partial charge in [-0.3, -0.25) is 4.79 Å². The van der Waals surface area contributed by atoms with Crippen molar-refractivity contribution in [1.29, 1.82) is 0 Å². The number of carbonyl (C=O) groups excluding carboxylic acids is 1. The number of piperidine rings is 1. The van der Waals surface area contributed by atoms with Crippen molar-refractivity contribution in [1.82, 2.24) is 10.3 Å². The summed E-state index contributed by atoms with van der Waals surface area (Å²) in [5.41, 5.74) is 1.32. The molecule has 3 rings (SSSR count). The lowest BCUT2D eigenvalue weighted by Crippen LogP contribution is -2.38. The number of nitrogens with zero attached hydrogens (tertiary/aromatic N) is 1. The number of fused-ring (bicyclic) bond motifs is 1. The Kier molecular flexibility index (Phi) is 3.91. The molecule has 0 spiro atoms. The lowest BCUT2D eigenvalue weighted by molar-refractivity contribution is -0.118. The molecule has 104 valence electrons. The second-order valence-electron chi connectivity index (χ2n) is 5.62. The highest BCUT2D eigenvalue weighted by atomic mass is 79.9. The Balaban J connectivity index is 0.00000133. The van der Waals surface area contributed by atoms with Gasteiger partial charge in [0.25, 0.3) is 0 Å². The standard InChI is InChI=1S/C13H16BrN3O.ClH/c1-7-3-4-10(14)16-11(7)17-12(18)8-5-13(2)6-9(13)15-8;/h3-4,8-9,15H,5-6H2,1-2H3,(H,16,17,18);1H/t8-,9+,13-;/m0./s1. The first-order chi connectivity index (χ1) is 8.48. The first kappa shape index (κ1) is 14.8. The number of carbonyl (C=O) groups is 1. The average molecular weight is 347 g/mol. The van der Waals surface area contributed by atoms with E-state index in [-0.39, 0.29) is 24.4 Å². The number of anilines is 1. The second kappa shape index (κ2) is 5.04. The molecule has 0 radical (unpaired) electrons. The van der Waals surface area contributed by atoms with Crippen LogP contribution in [-0.2, 0) is 4.79 Å². The van der Waals surface area contributed by atoms with Gasteiger partial charge in [-0.2, -0.15) is 0 Å². The topological polar surface area (TPSA) is 54.0 Å². The van der Waals surface area contributed by atoms with Crippen molar-refractivity contribution in [3.8, 4) is 0 Å². The summed E-state index contributed by atoms with van der Waals surface area (Å²) in [5, 5.41) is 6.28. The van der Waals surface area contributed by atoms with Crippen LogP contribution < -0.4 is 10.6 Å². The van der Waals surface area contributed by atoms with E-state index in [0.29, 0.717) is 17.3 Å². The average Bonchev–Trinajstić information content (AvgIpc) is 2.82. The summed E-state index contributed by atoms with van der Waals surface area (Å²) >= 11 is 3.32. The van der Waals surface area contributed by atoms with E-state index in [4.69, 9.17) is 0 Å². The van der Waals surface area contributed by atoms with Crippen LogP contribution in [0.5, 0.6) is 0 Å². The molecule has 2 heterocycles. The number of amides is 1. The van der Waals surface area contributed by atoms with Crippen LogP contribution in [0.15, 0.2) is 16.7 Å². The van der Waals surface area contributed by atoms with Crippen molar-refractivity contribution in [2.45, 2.75) is 38.8 Å². The van der Waals surface area contributed by atoms with Crippen molar-refractivity contribution in [3.05, 3.63) is 22.3 Å². The SMILES string of the molecule is Cc1ccc(Br)nc1NC(=O)[C@@H]1C[C@@]2(C)C[C@H]2N1.Cl. The molecule has 2 aliphatic rings. The molecule has 1 aliphatic carbocycles. The third kappa shape index (κ3) is 2.78. The van der Waals surface area contributed by atoms with E-state index in [2.05, 4.69) is 38.5 Å². The normalized spacial score (nSPS) is 31.3. The zero-order valence-corrected chi connectivity index (χ0v) is 13.3. The largest absolute Gasteiger partial charge is 0.309 e. The molecule has 2 N–H and O–H groups in total. The van der Waals surface area contributed by atoms with Crippen LogP contribution in [0.3, 0.4) is 0 Å². The molecule has 0 unspecified atom stereocenters.